The third kappa shape index (κ3) is 1.31. The van der Waals surface area contributed by atoms with E-state index >= 15 is 0 Å². The first-order valence-corrected chi connectivity index (χ1v) is 4.60. The first-order valence-electron chi connectivity index (χ1n) is 4.60. The number of aryl methyl sites for hydroxylation is 1. The molecule has 2 rings (SSSR count). The van der Waals surface area contributed by atoms with Gasteiger partial charge in [0, 0.05) is 11.9 Å². The SMILES string of the molecule is Cc1cnc(C2(C=O)C=CC=CC2)[nH]1. The third-order valence-electron chi connectivity index (χ3n) is 2.45. The number of nitrogens with one attached hydrogen (secondary N) is 1. The van der Waals surface area contributed by atoms with Crippen molar-refractivity contribution in [3.63, 3.8) is 0 Å². The Balaban J connectivity index is 2.42. The number of imidazole rings is 1. The van der Waals surface area contributed by atoms with Crippen LogP contribution in [-0.2, 0) is 10.2 Å². The number of hydrogen-bond acceptors (Lipinski definition) is 2. The Morgan fingerprint density at radius 1 is 1.57 bits per heavy atom. The first kappa shape index (κ1) is 8.94. The van der Waals surface area contributed by atoms with Gasteiger partial charge in [-0.1, -0.05) is 24.3 Å². The number of aldehydes is 1. The van der Waals surface area contributed by atoms with E-state index in [1.165, 1.54) is 0 Å². The van der Waals surface area contributed by atoms with Crippen LogP contribution in [0.25, 0.3) is 0 Å². The van der Waals surface area contributed by atoms with Crippen LogP contribution in [-0.4, -0.2) is 16.3 Å². The topological polar surface area (TPSA) is 45.8 Å². The van der Waals surface area contributed by atoms with Crippen LogP contribution in [0.1, 0.15) is 17.9 Å². The summed E-state index contributed by atoms with van der Waals surface area (Å²) in [6, 6.07) is 0. The quantitative estimate of drug-likeness (QED) is 0.717. The molecule has 1 atom stereocenters. The minimum Gasteiger partial charge on any atom is -0.345 e. The summed E-state index contributed by atoms with van der Waals surface area (Å²) < 4.78 is 0. The maximum absolute atomic E-state index is 11.1. The number of H-pyrrole nitrogens is 1. The fourth-order valence-electron chi connectivity index (χ4n) is 1.60. The van der Waals surface area contributed by atoms with Crippen molar-refractivity contribution >= 4 is 6.29 Å². The van der Waals surface area contributed by atoms with Crippen LogP contribution in [0.4, 0.5) is 0 Å². The molecule has 3 nitrogen and oxygen atoms in total. The van der Waals surface area contributed by atoms with Gasteiger partial charge in [-0.2, -0.15) is 0 Å². The van der Waals surface area contributed by atoms with Gasteiger partial charge in [-0.25, -0.2) is 4.98 Å². The van der Waals surface area contributed by atoms with Crippen LogP contribution < -0.4 is 0 Å². The zero-order chi connectivity index (χ0) is 10.0. The molecule has 0 bridgehead atoms. The second kappa shape index (κ2) is 3.25. The molecule has 0 aromatic carbocycles. The average molecular weight is 188 g/mol. The molecular weight excluding hydrogens is 176 g/mol. The largest absolute Gasteiger partial charge is 0.345 e. The molecule has 1 aromatic heterocycles. The standard InChI is InChI=1S/C11H12N2O/c1-9-7-12-10(13-9)11(8-14)5-3-2-4-6-11/h2-5,7-8H,6H2,1H3,(H,12,13). The van der Waals surface area contributed by atoms with Gasteiger partial charge in [0.1, 0.15) is 17.5 Å². The van der Waals surface area contributed by atoms with Crippen molar-refractivity contribution in [1.29, 1.82) is 0 Å². The van der Waals surface area contributed by atoms with Gasteiger partial charge >= 0.3 is 0 Å². The highest BCUT2D eigenvalue weighted by Gasteiger charge is 2.31. The molecule has 14 heavy (non-hydrogen) atoms. The van der Waals surface area contributed by atoms with E-state index in [4.69, 9.17) is 0 Å². The van der Waals surface area contributed by atoms with E-state index in [-0.39, 0.29) is 0 Å². The molecule has 0 aliphatic heterocycles. The van der Waals surface area contributed by atoms with E-state index in [1.807, 2.05) is 31.2 Å². The van der Waals surface area contributed by atoms with Gasteiger partial charge in [0.2, 0.25) is 0 Å². The Morgan fingerprint density at radius 2 is 2.43 bits per heavy atom. The van der Waals surface area contributed by atoms with Crippen LogP contribution in [0, 0.1) is 6.92 Å². The summed E-state index contributed by atoms with van der Waals surface area (Å²) in [6.45, 7) is 1.93. The third-order valence-corrected chi connectivity index (χ3v) is 2.45. The van der Waals surface area contributed by atoms with E-state index in [0.717, 1.165) is 17.8 Å². The lowest BCUT2D eigenvalue weighted by Gasteiger charge is -2.21. The predicted molar refractivity (Wildman–Crippen MR) is 54.0 cm³/mol. The highest BCUT2D eigenvalue weighted by atomic mass is 16.1. The van der Waals surface area contributed by atoms with Gasteiger partial charge in [-0.05, 0) is 13.3 Å². The minimum atomic E-state index is -0.580. The number of hydrogen-bond donors (Lipinski definition) is 1. The van der Waals surface area contributed by atoms with Crippen molar-refractivity contribution in [3.8, 4) is 0 Å². The number of aromatic nitrogens is 2. The van der Waals surface area contributed by atoms with Crippen LogP contribution in [0.3, 0.4) is 0 Å². The molecule has 0 saturated carbocycles. The lowest BCUT2D eigenvalue weighted by Crippen LogP contribution is -2.27. The Bertz CT molecular complexity index is 403. The molecule has 72 valence electrons. The van der Waals surface area contributed by atoms with E-state index in [1.54, 1.807) is 6.20 Å². The van der Waals surface area contributed by atoms with E-state index in [0.29, 0.717) is 6.42 Å². The summed E-state index contributed by atoms with van der Waals surface area (Å²) in [6.07, 6.45) is 11.1. The molecule has 1 unspecified atom stereocenters. The first-order chi connectivity index (χ1) is 6.77. The maximum atomic E-state index is 11.1. The maximum Gasteiger partial charge on any atom is 0.137 e. The lowest BCUT2D eigenvalue weighted by atomic mass is 9.82. The molecule has 0 fully saturated rings. The highest BCUT2D eigenvalue weighted by molar-refractivity contribution is 5.71. The molecule has 1 aliphatic carbocycles. The summed E-state index contributed by atoms with van der Waals surface area (Å²) in [5.74, 6) is 0.727. The zero-order valence-corrected chi connectivity index (χ0v) is 8.03. The second-order valence-corrected chi connectivity index (χ2v) is 3.56. The van der Waals surface area contributed by atoms with Gasteiger partial charge in [0.25, 0.3) is 0 Å². The molecular formula is C11H12N2O. The second-order valence-electron chi connectivity index (χ2n) is 3.56. The van der Waals surface area contributed by atoms with Crippen LogP contribution in [0.2, 0.25) is 0 Å². The molecule has 0 amide bonds. The lowest BCUT2D eigenvalue weighted by molar-refractivity contribution is -0.111. The van der Waals surface area contributed by atoms with E-state index in [9.17, 15) is 4.79 Å². The smallest absolute Gasteiger partial charge is 0.137 e. The monoisotopic (exact) mass is 188 g/mol. The number of rotatable bonds is 2. The number of carbonyl (C=O) groups is 1. The number of aromatic amines is 1. The fourth-order valence-corrected chi connectivity index (χ4v) is 1.60. The average Bonchev–Trinajstić information content (AvgIpc) is 2.66. The van der Waals surface area contributed by atoms with Crippen molar-refractivity contribution in [3.05, 3.63) is 42.0 Å². The number of carbonyl (C=O) groups excluding carboxylic acids is 1. The normalized spacial score (nSPS) is 25.2. The van der Waals surface area contributed by atoms with Gasteiger partial charge in [0.05, 0.1) is 0 Å². The molecule has 0 radical (unpaired) electrons. The van der Waals surface area contributed by atoms with Crippen molar-refractivity contribution in [1.82, 2.24) is 9.97 Å². The number of nitrogens with zero attached hydrogens (tertiary/aromatic N) is 1. The fraction of sp³-hybridized carbons (Fsp3) is 0.273. The number of allylic oxidation sites excluding steroid dienone is 4. The Morgan fingerprint density at radius 3 is 2.93 bits per heavy atom. The molecule has 0 saturated heterocycles. The summed E-state index contributed by atoms with van der Waals surface area (Å²) in [5, 5.41) is 0. The summed E-state index contributed by atoms with van der Waals surface area (Å²) in [5.41, 5.74) is 0.396. The zero-order valence-electron chi connectivity index (χ0n) is 8.03. The van der Waals surface area contributed by atoms with Crippen molar-refractivity contribution in [2.75, 3.05) is 0 Å². The van der Waals surface area contributed by atoms with Crippen molar-refractivity contribution in [2.45, 2.75) is 18.8 Å². The Kier molecular flexibility index (Phi) is 2.08. The van der Waals surface area contributed by atoms with E-state index < -0.39 is 5.41 Å². The Hall–Kier alpha value is -1.64. The van der Waals surface area contributed by atoms with Crippen molar-refractivity contribution < 1.29 is 4.79 Å². The van der Waals surface area contributed by atoms with E-state index in [2.05, 4.69) is 9.97 Å². The van der Waals surface area contributed by atoms with Crippen LogP contribution >= 0.6 is 0 Å². The van der Waals surface area contributed by atoms with Crippen molar-refractivity contribution in [2.24, 2.45) is 0 Å². The molecule has 0 spiro atoms. The van der Waals surface area contributed by atoms with Gasteiger partial charge < -0.3 is 9.78 Å². The summed E-state index contributed by atoms with van der Waals surface area (Å²) >= 11 is 0. The predicted octanol–water partition coefficient (Wildman–Crippen LogP) is 1.67. The van der Waals surface area contributed by atoms with Crippen LogP contribution in [0.5, 0.6) is 0 Å². The Labute approximate surface area is 82.6 Å². The molecule has 1 N–H and O–H groups in total. The molecule has 3 heteroatoms. The minimum absolute atomic E-state index is 0.580. The molecule has 1 heterocycles. The van der Waals surface area contributed by atoms with Gasteiger partial charge in [0.15, 0.2) is 0 Å². The summed E-state index contributed by atoms with van der Waals surface area (Å²) in [4.78, 5) is 18.5. The van der Waals surface area contributed by atoms with Crippen LogP contribution in [0.15, 0.2) is 30.5 Å². The highest BCUT2D eigenvalue weighted by Crippen LogP contribution is 2.28. The summed E-state index contributed by atoms with van der Waals surface area (Å²) in [7, 11) is 0. The van der Waals surface area contributed by atoms with Gasteiger partial charge in [-0.15, -0.1) is 0 Å². The molecule has 1 aromatic rings. The molecule has 1 aliphatic rings. The van der Waals surface area contributed by atoms with Gasteiger partial charge in [-0.3, -0.25) is 0 Å².